The third kappa shape index (κ3) is 3.97. The highest BCUT2D eigenvalue weighted by atomic mass is 31.2. The van der Waals surface area contributed by atoms with Crippen molar-refractivity contribution in [3.05, 3.63) is 108 Å². The molecule has 0 radical (unpaired) electrons. The normalized spacial score (nSPS) is 12.1. The Bertz CT molecular complexity index is 687. The highest BCUT2D eigenvalue weighted by Gasteiger charge is 2.36. The van der Waals surface area contributed by atoms with Gasteiger partial charge in [0.05, 0.1) is 0 Å². The number of rotatable bonds is 6. The van der Waals surface area contributed by atoms with Crippen LogP contribution in [0.2, 0.25) is 0 Å². The molecule has 3 nitrogen and oxygen atoms in total. The van der Waals surface area contributed by atoms with E-state index in [1.807, 2.05) is 91.0 Å². The Morgan fingerprint density at radius 1 is 0.560 bits per heavy atom. The van der Waals surface area contributed by atoms with Crippen molar-refractivity contribution in [2.45, 2.75) is 11.8 Å². The minimum atomic E-state index is -4.62. The Morgan fingerprint density at radius 2 is 0.880 bits per heavy atom. The molecule has 0 aliphatic rings. The zero-order valence-corrected chi connectivity index (χ0v) is 14.6. The molecule has 128 valence electrons. The SMILES string of the molecule is [O-][P+]([O-])([O-])CCC(c1ccccc1)(c1ccccc1)c1ccccc1. The lowest BCUT2D eigenvalue weighted by Crippen LogP contribution is -2.39. The first-order valence-electron chi connectivity index (χ1n) is 8.20. The topological polar surface area (TPSA) is 69.2 Å². The van der Waals surface area contributed by atoms with E-state index < -0.39 is 19.5 Å². The standard InChI is InChI=1S/C21H21O3P/c22-25(23,24)17-16-21(18-10-4-1-5-11-18,19-12-6-2-7-13-19)20-14-8-3-9-15-20/h1-15H,16-17H2,(H2,22,23,24)/p-2. The molecule has 0 heterocycles. The van der Waals surface area contributed by atoms with Crippen molar-refractivity contribution >= 4 is 7.94 Å². The zero-order chi connectivity index (χ0) is 17.8. The summed E-state index contributed by atoms with van der Waals surface area (Å²) >= 11 is 0. The first kappa shape index (κ1) is 17.8. The maximum Gasteiger partial charge on any atom is 0.0485 e. The van der Waals surface area contributed by atoms with Gasteiger partial charge in [-0.1, -0.05) is 91.0 Å². The second-order valence-electron chi connectivity index (χ2n) is 6.09. The molecule has 0 spiro atoms. The second-order valence-corrected chi connectivity index (χ2v) is 7.76. The van der Waals surface area contributed by atoms with Crippen LogP contribution in [0.25, 0.3) is 0 Å². The molecular formula is C21H19O3P-2. The fourth-order valence-electron chi connectivity index (χ4n) is 3.41. The number of hydrogen-bond donors (Lipinski definition) is 0. The monoisotopic (exact) mass is 350 g/mol. The fraction of sp³-hybridized carbons (Fsp3) is 0.143. The van der Waals surface area contributed by atoms with Gasteiger partial charge in [-0.2, -0.15) is 7.94 Å². The summed E-state index contributed by atoms with van der Waals surface area (Å²) in [5, 5.41) is 0. The van der Waals surface area contributed by atoms with Crippen molar-refractivity contribution in [2.24, 2.45) is 0 Å². The molecule has 0 N–H and O–H groups in total. The highest BCUT2D eigenvalue weighted by Crippen LogP contribution is 2.45. The molecule has 0 saturated heterocycles. The van der Waals surface area contributed by atoms with Crippen LogP contribution in [0.15, 0.2) is 91.0 Å². The summed E-state index contributed by atoms with van der Waals surface area (Å²) in [6, 6.07) is 29.3. The summed E-state index contributed by atoms with van der Waals surface area (Å²) in [7, 11) is -4.62. The second kappa shape index (κ2) is 7.47. The molecule has 3 aromatic rings. The van der Waals surface area contributed by atoms with Crippen LogP contribution in [0.5, 0.6) is 0 Å². The third-order valence-electron chi connectivity index (χ3n) is 4.56. The van der Waals surface area contributed by atoms with Crippen molar-refractivity contribution in [1.29, 1.82) is 0 Å². The van der Waals surface area contributed by atoms with E-state index in [1.165, 1.54) is 0 Å². The maximum atomic E-state index is 11.4. The minimum Gasteiger partial charge on any atom is -0.688 e. The van der Waals surface area contributed by atoms with Gasteiger partial charge in [0.2, 0.25) is 0 Å². The Hall–Kier alpha value is -2.03. The summed E-state index contributed by atoms with van der Waals surface area (Å²) < 4.78 is 0. The van der Waals surface area contributed by atoms with Crippen molar-refractivity contribution in [2.75, 3.05) is 6.16 Å². The number of benzene rings is 3. The lowest BCUT2D eigenvalue weighted by atomic mass is 9.68. The van der Waals surface area contributed by atoms with Crippen molar-refractivity contribution in [1.82, 2.24) is 0 Å². The van der Waals surface area contributed by atoms with Gasteiger partial charge in [-0.05, 0) is 23.1 Å². The Labute approximate surface area is 148 Å². The number of hydrogen-bond acceptors (Lipinski definition) is 3. The smallest absolute Gasteiger partial charge is 0.0485 e. The predicted molar refractivity (Wildman–Crippen MR) is 95.6 cm³/mol. The zero-order valence-electron chi connectivity index (χ0n) is 13.7. The van der Waals surface area contributed by atoms with Crippen LogP contribution in [0.4, 0.5) is 0 Å². The van der Waals surface area contributed by atoms with Gasteiger partial charge in [-0.25, -0.2) is 0 Å². The largest absolute Gasteiger partial charge is 0.688 e. The Balaban J connectivity index is 2.24. The van der Waals surface area contributed by atoms with Crippen LogP contribution < -0.4 is 14.7 Å². The molecule has 0 amide bonds. The van der Waals surface area contributed by atoms with E-state index in [0.29, 0.717) is 0 Å². The molecule has 3 aromatic carbocycles. The summed E-state index contributed by atoms with van der Waals surface area (Å²) in [5.41, 5.74) is 2.23. The van der Waals surface area contributed by atoms with Gasteiger partial charge in [0.1, 0.15) is 0 Å². The van der Waals surface area contributed by atoms with E-state index in [0.717, 1.165) is 16.7 Å². The molecule has 0 bridgehead atoms. The molecule has 0 fully saturated rings. The first-order chi connectivity index (χ1) is 12.0. The van der Waals surface area contributed by atoms with Gasteiger partial charge in [0.15, 0.2) is 0 Å². The highest BCUT2D eigenvalue weighted by molar-refractivity contribution is 7.54. The van der Waals surface area contributed by atoms with Crippen LogP contribution in [0.3, 0.4) is 0 Å². The van der Waals surface area contributed by atoms with Crippen LogP contribution in [-0.2, 0) is 5.41 Å². The maximum absolute atomic E-state index is 11.4. The lowest BCUT2D eigenvalue weighted by Gasteiger charge is -2.45. The van der Waals surface area contributed by atoms with E-state index in [2.05, 4.69) is 0 Å². The Morgan fingerprint density at radius 3 is 1.16 bits per heavy atom. The van der Waals surface area contributed by atoms with E-state index in [9.17, 15) is 14.7 Å². The molecule has 0 unspecified atom stereocenters. The molecule has 4 heteroatoms. The average Bonchev–Trinajstić information content (AvgIpc) is 2.64. The van der Waals surface area contributed by atoms with Crippen LogP contribution in [0, 0.1) is 0 Å². The third-order valence-corrected chi connectivity index (χ3v) is 5.33. The van der Waals surface area contributed by atoms with E-state index in [4.69, 9.17) is 0 Å². The van der Waals surface area contributed by atoms with Crippen LogP contribution >= 0.6 is 7.94 Å². The summed E-state index contributed by atoms with van der Waals surface area (Å²) in [4.78, 5) is 34.3. The first-order valence-corrected chi connectivity index (χ1v) is 9.93. The predicted octanol–water partition coefficient (Wildman–Crippen LogP) is 2.25. The summed E-state index contributed by atoms with van der Waals surface area (Å²) in [5.74, 6) is 0. The van der Waals surface area contributed by atoms with Crippen LogP contribution in [0.1, 0.15) is 23.1 Å². The molecule has 3 rings (SSSR count). The quantitative estimate of drug-likeness (QED) is 0.506. The van der Waals surface area contributed by atoms with Gasteiger partial charge in [-0.3, -0.25) is 0 Å². The summed E-state index contributed by atoms with van der Waals surface area (Å²) in [6.07, 6.45) is -0.193. The van der Waals surface area contributed by atoms with Crippen LogP contribution in [-0.4, -0.2) is 6.16 Å². The fourth-order valence-corrected chi connectivity index (χ4v) is 4.01. The lowest BCUT2D eigenvalue weighted by molar-refractivity contribution is -0.427. The van der Waals surface area contributed by atoms with Gasteiger partial charge in [0.25, 0.3) is 0 Å². The van der Waals surface area contributed by atoms with Crippen molar-refractivity contribution in [3.8, 4) is 0 Å². The molecule has 0 aliphatic carbocycles. The van der Waals surface area contributed by atoms with E-state index >= 15 is 0 Å². The minimum absolute atomic E-state index is 0.204. The molecular weight excluding hydrogens is 331 g/mol. The molecule has 25 heavy (non-hydrogen) atoms. The van der Waals surface area contributed by atoms with Gasteiger partial charge < -0.3 is 14.7 Å². The van der Waals surface area contributed by atoms with Crippen molar-refractivity contribution < 1.29 is 14.7 Å². The molecule has 0 saturated carbocycles. The van der Waals surface area contributed by atoms with Crippen molar-refractivity contribution in [3.63, 3.8) is 0 Å². The summed E-state index contributed by atoms with van der Waals surface area (Å²) in [6.45, 7) is 0. The molecule has 0 aromatic heterocycles. The molecule has 0 atom stereocenters. The Kier molecular flexibility index (Phi) is 5.31. The average molecular weight is 350 g/mol. The van der Waals surface area contributed by atoms with E-state index in [-0.39, 0.29) is 6.42 Å². The molecule has 0 aliphatic heterocycles. The van der Waals surface area contributed by atoms with Gasteiger partial charge >= 0.3 is 0 Å². The van der Waals surface area contributed by atoms with Gasteiger partial charge in [0, 0.05) is 11.6 Å². The van der Waals surface area contributed by atoms with E-state index in [1.54, 1.807) is 0 Å². The van der Waals surface area contributed by atoms with Gasteiger partial charge in [-0.15, -0.1) is 0 Å².